The Morgan fingerprint density at radius 3 is 2.52 bits per heavy atom. The Balaban J connectivity index is 1.92. The van der Waals surface area contributed by atoms with Crippen molar-refractivity contribution in [3.8, 4) is 0 Å². The standard InChI is InChI=1S/C20H35N3O3S2Si/c1-13(2)16(11-26-29(7,8)20(4,5)6)21-18(25)17-12-27-19(22-17)23-9-15(10-23)28-14(3)24/h12-13,15-16H,9-11H2,1-8H3,(H,21,25). The van der Waals surface area contributed by atoms with Crippen LogP contribution in [-0.4, -0.2) is 55.3 Å². The molecule has 1 amide bonds. The molecule has 164 valence electrons. The number of nitrogens with zero attached hydrogens (tertiary/aromatic N) is 2. The van der Waals surface area contributed by atoms with Gasteiger partial charge in [0, 0.05) is 30.6 Å². The molecule has 0 saturated carbocycles. The topological polar surface area (TPSA) is 71.5 Å². The molecule has 0 spiro atoms. The van der Waals surface area contributed by atoms with Crippen molar-refractivity contribution >= 4 is 47.6 Å². The van der Waals surface area contributed by atoms with E-state index in [0.29, 0.717) is 17.6 Å². The minimum Gasteiger partial charge on any atom is -0.415 e. The lowest BCUT2D eigenvalue weighted by Crippen LogP contribution is -2.49. The van der Waals surface area contributed by atoms with Crippen LogP contribution in [0.1, 0.15) is 52.0 Å². The summed E-state index contributed by atoms with van der Waals surface area (Å²) in [4.78, 5) is 30.6. The molecule has 2 heterocycles. The van der Waals surface area contributed by atoms with Crippen molar-refractivity contribution in [2.24, 2.45) is 5.92 Å². The molecule has 1 saturated heterocycles. The van der Waals surface area contributed by atoms with Gasteiger partial charge in [0.2, 0.25) is 0 Å². The van der Waals surface area contributed by atoms with Crippen LogP contribution in [-0.2, 0) is 9.22 Å². The second-order valence-electron chi connectivity index (χ2n) is 9.55. The summed E-state index contributed by atoms with van der Waals surface area (Å²) in [6.07, 6.45) is 0. The number of thioether (sulfide) groups is 1. The zero-order valence-corrected chi connectivity index (χ0v) is 21.5. The summed E-state index contributed by atoms with van der Waals surface area (Å²) in [5.41, 5.74) is 0.450. The van der Waals surface area contributed by atoms with Gasteiger partial charge in [0.1, 0.15) is 5.69 Å². The molecule has 1 unspecified atom stereocenters. The van der Waals surface area contributed by atoms with Crippen molar-refractivity contribution in [3.63, 3.8) is 0 Å². The van der Waals surface area contributed by atoms with Crippen LogP contribution in [0.15, 0.2) is 5.38 Å². The molecule has 9 heteroatoms. The zero-order valence-electron chi connectivity index (χ0n) is 18.9. The maximum Gasteiger partial charge on any atom is 0.271 e. The van der Waals surface area contributed by atoms with Gasteiger partial charge in [-0.15, -0.1) is 11.3 Å². The largest absolute Gasteiger partial charge is 0.415 e. The maximum absolute atomic E-state index is 12.8. The number of hydrogen-bond acceptors (Lipinski definition) is 7. The minimum atomic E-state index is -1.87. The molecule has 6 nitrogen and oxygen atoms in total. The van der Waals surface area contributed by atoms with Gasteiger partial charge in [0.05, 0.1) is 12.6 Å². The monoisotopic (exact) mass is 457 g/mol. The van der Waals surface area contributed by atoms with Crippen LogP contribution in [0, 0.1) is 5.92 Å². The first-order chi connectivity index (χ1) is 13.3. The van der Waals surface area contributed by atoms with Crippen molar-refractivity contribution in [2.75, 3.05) is 24.6 Å². The fraction of sp³-hybridized carbons (Fsp3) is 0.750. The molecule has 1 N–H and O–H groups in total. The van der Waals surface area contributed by atoms with Crippen molar-refractivity contribution < 1.29 is 14.0 Å². The Hall–Kier alpha value is -0.903. The minimum absolute atomic E-state index is 0.0536. The number of carbonyl (C=O) groups is 2. The Labute approximate surface area is 184 Å². The first-order valence-corrected chi connectivity index (χ1v) is 14.8. The van der Waals surface area contributed by atoms with Crippen LogP contribution in [0.3, 0.4) is 0 Å². The van der Waals surface area contributed by atoms with Crippen LogP contribution in [0.4, 0.5) is 5.13 Å². The number of carbonyl (C=O) groups excluding carboxylic acids is 2. The van der Waals surface area contributed by atoms with E-state index < -0.39 is 8.32 Å². The molecular weight excluding hydrogens is 422 g/mol. The second kappa shape index (κ2) is 9.49. The lowest BCUT2D eigenvalue weighted by atomic mass is 10.1. The number of hydrogen-bond donors (Lipinski definition) is 1. The number of anilines is 1. The fourth-order valence-corrected chi connectivity index (χ4v) is 5.41. The first kappa shape index (κ1) is 24.4. The van der Waals surface area contributed by atoms with Crippen molar-refractivity contribution in [3.05, 3.63) is 11.1 Å². The quantitative estimate of drug-likeness (QED) is 0.584. The molecule has 0 bridgehead atoms. The Bertz CT molecular complexity index is 725. The maximum atomic E-state index is 12.8. The highest BCUT2D eigenvalue weighted by molar-refractivity contribution is 8.14. The van der Waals surface area contributed by atoms with E-state index in [9.17, 15) is 9.59 Å². The van der Waals surface area contributed by atoms with E-state index in [0.717, 1.165) is 18.2 Å². The Morgan fingerprint density at radius 2 is 2.00 bits per heavy atom. The lowest BCUT2D eigenvalue weighted by molar-refractivity contribution is -0.109. The summed E-state index contributed by atoms with van der Waals surface area (Å²) in [6.45, 7) is 19.0. The summed E-state index contributed by atoms with van der Waals surface area (Å²) in [5.74, 6) is 0.113. The van der Waals surface area contributed by atoms with E-state index in [-0.39, 0.29) is 28.0 Å². The normalized spacial score (nSPS) is 16.7. The summed E-state index contributed by atoms with van der Waals surface area (Å²) in [5, 5.41) is 6.37. The molecule has 1 aliphatic rings. The number of amides is 1. The number of rotatable bonds is 8. The SMILES string of the molecule is CC(=O)SC1CN(c2nc(C(=O)NC(CO[Si](C)(C)C(C)(C)C)C(C)C)cs2)C1. The predicted octanol–water partition coefficient (Wildman–Crippen LogP) is 4.39. The molecule has 1 atom stereocenters. The highest BCUT2D eigenvalue weighted by Gasteiger charge is 2.38. The molecule has 1 fully saturated rings. The number of aromatic nitrogens is 1. The molecule has 1 aromatic heterocycles. The van der Waals surface area contributed by atoms with Gasteiger partial charge in [-0.05, 0) is 24.1 Å². The Morgan fingerprint density at radius 1 is 1.38 bits per heavy atom. The van der Waals surface area contributed by atoms with E-state index in [4.69, 9.17) is 4.43 Å². The molecular formula is C20H35N3O3S2Si. The van der Waals surface area contributed by atoms with Gasteiger partial charge in [0.15, 0.2) is 18.6 Å². The van der Waals surface area contributed by atoms with Gasteiger partial charge in [-0.25, -0.2) is 4.98 Å². The Kier molecular flexibility index (Phi) is 7.97. The predicted molar refractivity (Wildman–Crippen MR) is 126 cm³/mol. The van der Waals surface area contributed by atoms with E-state index in [1.54, 1.807) is 6.92 Å². The summed E-state index contributed by atoms with van der Waals surface area (Å²) in [6, 6.07) is -0.0536. The van der Waals surface area contributed by atoms with E-state index >= 15 is 0 Å². The second-order valence-corrected chi connectivity index (χ2v) is 16.7. The molecule has 29 heavy (non-hydrogen) atoms. The summed E-state index contributed by atoms with van der Waals surface area (Å²) >= 11 is 2.85. The first-order valence-electron chi connectivity index (χ1n) is 10.1. The lowest BCUT2D eigenvalue weighted by Gasteiger charge is -2.38. The van der Waals surface area contributed by atoms with Crippen LogP contribution in [0.5, 0.6) is 0 Å². The number of thiazole rings is 1. The highest BCUT2D eigenvalue weighted by atomic mass is 32.2. The van der Waals surface area contributed by atoms with Crippen molar-refractivity contribution in [2.45, 2.75) is 71.0 Å². The average molecular weight is 458 g/mol. The third-order valence-corrected chi connectivity index (χ3v) is 12.1. The van der Waals surface area contributed by atoms with Gasteiger partial charge >= 0.3 is 0 Å². The molecule has 0 radical (unpaired) electrons. The van der Waals surface area contributed by atoms with Gasteiger partial charge < -0.3 is 14.6 Å². The van der Waals surface area contributed by atoms with Gasteiger partial charge in [-0.2, -0.15) is 0 Å². The molecule has 0 aliphatic carbocycles. The summed E-state index contributed by atoms with van der Waals surface area (Å²) in [7, 11) is -1.87. The van der Waals surface area contributed by atoms with E-state index in [1.807, 2.05) is 5.38 Å². The van der Waals surface area contributed by atoms with Gasteiger partial charge in [-0.3, -0.25) is 9.59 Å². The van der Waals surface area contributed by atoms with E-state index in [1.165, 1.54) is 23.1 Å². The molecule has 1 aliphatic heterocycles. The highest BCUT2D eigenvalue weighted by Crippen LogP contribution is 2.36. The zero-order chi connectivity index (χ0) is 22.0. The molecule has 1 aromatic rings. The number of nitrogens with one attached hydrogen (secondary N) is 1. The van der Waals surface area contributed by atoms with E-state index in [2.05, 4.69) is 62.9 Å². The third-order valence-electron chi connectivity index (χ3n) is 5.73. The van der Waals surface area contributed by atoms with Gasteiger partial charge in [-0.1, -0.05) is 46.4 Å². The van der Waals surface area contributed by atoms with Crippen LogP contribution in [0.25, 0.3) is 0 Å². The smallest absolute Gasteiger partial charge is 0.271 e. The molecule has 0 aromatic carbocycles. The third kappa shape index (κ3) is 6.54. The van der Waals surface area contributed by atoms with Crippen LogP contribution < -0.4 is 10.2 Å². The van der Waals surface area contributed by atoms with Crippen LogP contribution in [0.2, 0.25) is 18.1 Å². The van der Waals surface area contributed by atoms with Crippen LogP contribution >= 0.6 is 23.1 Å². The van der Waals surface area contributed by atoms with Crippen molar-refractivity contribution in [1.82, 2.24) is 10.3 Å². The summed E-state index contributed by atoms with van der Waals surface area (Å²) < 4.78 is 6.34. The fourth-order valence-electron chi connectivity index (χ4n) is 2.58. The van der Waals surface area contributed by atoms with Gasteiger partial charge in [0.25, 0.3) is 5.91 Å². The average Bonchev–Trinajstić information content (AvgIpc) is 3.02. The van der Waals surface area contributed by atoms with Crippen molar-refractivity contribution in [1.29, 1.82) is 0 Å². The molecule has 2 rings (SSSR count).